The fourth-order valence-electron chi connectivity index (χ4n) is 3.64. The van der Waals surface area contributed by atoms with Crippen molar-refractivity contribution >= 4 is 15.9 Å². The lowest BCUT2D eigenvalue weighted by Crippen LogP contribution is -2.32. The van der Waals surface area contributed by atoms with Gasteiger partial charge in [0, 0.05) is 29.8 Å². The van der Waals surface area contributed by atoms with Crippen molar-refractivity contribution in [1.29, 1.82) is 0 Å². The second-order valence-corrected chi connectivity index (χ2v) is 9.05. The van der Waals surface area contributed by atoms with E-state index >= 15 is 0 Å². The Bertz CT molecular complexity index is 1030. The number of nitrogens with one attached hydrogen (secondary N) is 2. The van der Waals surface area contributed by atoms with Crippen LogP contribution in [0.25, 0.3) is 0 Å². The number of hydrogen-bond donors (Lipinski definition) is 2. The van der Waals surface area contributed by atoms with E-state index in [1.54, 1.807) is 24.3 Å². The summed E-state index contributed by atoms with van der Waals surface area (Å²) in [6.07, 6.45) is 3.73. The molecule has 0 aliphatic heterocycles. The quantitative estimate of drug-likeness (QED) is 0.612. The summed E-state index contributed by atoms with van der Waals surface area (Å²) in [4.78, 5) is 12.8. The third-order valence-corrected chi connectivity index (χ3v) is 6.83. The Balaban J connectivity index is 1.73. The molecule has 0 heterocycles. The minimum absolute atomic E-state index is 0.0417. The number of benzene rings is 2. The number of hydrogen-bond acceptors (Lipinski definition) is 6. The molecule has 0 unspecified atom stereocenters. The van der Waals surface area contributed by atoms with Crippen LogP contribution in [-0.2, 0) is 16.6 Å². The van der Waals surface area contributed by atoms with Crippen molar-refractivity contribution in [1.82, 2.24) is 10.0 Å². The van der Waals surface area contributed by atoms with Crippen LogP contribution in [0.15, 0.2) is 41.3 Å². The number of sulfonamides is 1. The SMILES string of the molecule is COc1cc(OC)c(OC)cc1CNC(=O)c1cccc(S(=O)(=O)NC2CCCC2)c1. The molecule has 0 atom stereocenters. The molecule has 0 saturated heterocycles. The molecule has 8 nitrogen and oxygen atoms in total. The first-order valence-corrected chi connectivity index (χ1v) is 11.6. The number of amides is 1. The van der Waals surface area contributed by atoms with Gasteiger partial charge in [-0.05, 0) is 37.1 Å². The molecule has 1 saturated carbocycles. The minimum atomic E-state index is -3.67. The van der Waals surface area contributed by atoms with Gasteiger partial charge in [-0.15, -0.1) is 0 Å². The first-order valence-electron chi connectivity index (χ1n) is 10.1. The van der Waals surface area contributed by atoms with E-state index in [1.165, 1.54) is 33.5 Å². The smallest absolute Gasteiger partial charge is 0.251 e. The van der Waals surface area contributed by atoms with Crippen molar-refractivity contribution in [2.45, 2.75) is 43.2 Å². The maximum Gasteiger partial charge on any atom is 0.251 e. The van der Waals surface area contributed by atoms with E-state index in [4.69, 9.17) is 14.2 Å². The highest BCUT2D eigenvalue weighted by atomic mass is 32.2. The molecule has 2 aromatic carbocycles. The molecule has 31 heavy (non-hydrogen) atoms. The third-order valence-electron chi connectivity index (χ3n) is 5.31. The highest BCUT2D eigenvalue weighted by molar-refractivity contribution is 7.89. The lowest BCUT2D eigenvalue weighted by molar-refractivity contribution is 0.0950. The minimum Gasteiger partial charge on any atom is -0.496 e. The van der Waals surface area contributed by atoms with Crippen molar-refractivity contribution < 1.29 is 27.4 Å². The van der Waals surface area contributed by atoms with Crippen LogP contribution < -0.4 is 24.2 Å². The average Bonchev–Trinajstić information content (AvgIpc) is 3.29. The Labute approximate surface area is 182 Å². The first kappa shape index (κ1) is 22.9. The van der Waals surface area contributed by atoms with Gasteiger partial charge in [-0.25, -0.2) is 13.1 Å². The van der Waals surface area contributed by atoms with Gasteiger partial charge in [-0.2, -0.15) is 0 Å². The summed E-state index contributed by atoms with van der Waals surface area (Å²) in [5.41, 5.74) is 0.953. The summed E-state index contributed by atoms with van der Waals surface area (Å²) in [7, 11) is 0.907. The molecule has 1 fully saturated rings. The summed E-state index contributed by atoms with van der Waals surface area (Å²) in [5, 5.41) is 2.80. The molecule has 9 heteroatoms. The van der Waals surface area contributed by atoms with Gasteiger partial charge in [0.1, 0.15) is 5.75 Å². The Morgan fingerprint density at radius 1 is 0.968 bits per heavy atom. The number of carbonyl (C=O) groups excluding carboxylic acids is 1. The molecule has 1 aliphatic carbocycles. The van der Waals surface area contributed by atoms with Gasteiger partial charge < -0.3 is 19.5 Å². The maximum absolute atomic E-state index is 12.7. The molecule has 1 aliphatic rings. The zero-order valence-corrected chi connectivity index (χ0v) is 18.8. The van der Waals surface area contributed by atoms with Gasteiger partial charge in [-0.3, -0.25) is 4.79 Å². The van der Waals surface area contributed by atoms with Crippen molar-refractivity contribution in [3.05, 3.63) is 47.5 Å². The number of rotatable bonds is 9. The highest BCUT2D eigenvalue weighted by Crippen LogP contribution is 2.34. The van der Waals surface area contributed by atoms with Gasteiger partial charge in [0.15, 0.2) is 11.5 Å². The fraction of sp³-hybridized carbons (Fsp3) is 0.409. The molecular weight excluding hydrogens is 420 g/mol. The first-order chi connectivity index (χ1) is 14.9. The van der Waals surface area contributed by atoms with E-state index in [2.05, 4.69) is 10.0 Å². The van der Waals surface area contributed by atoms with Crippen LogP contribution in [0.5, 0.6) is 17.2 Å². The topological polar surface area (TPSA) is 103 Å². The standard InChI is InChI=1S/C22H28N2O6S/c1-28-19-13-21(30-3)20(29-2)12-16(19)14-23-22(25)15-7-6-10-18(11-15)31(26,27)24-17-8-4-5-9-17/h6-7,10-13,17,24H,4-5,8-9,14H2,1-3H3,(H,23,25). The van der Waals surface area contributed by atoms with Crippen molar-refractivity contribution in [3.8, 4) is 17.2 Å². The van der Waals surface area contributed by atoms with E-state index in [9.17, 15) is 13.2 Å². The molecule has 0 spiro atoms. The molecule has 3 rings (SSSR count). The molecule has 0 aromatic heterocycles. The summed E-state index contributed by atoms with van der Waals surface area (Å²) in [5.74, 6) is 1.17. The van der Waals surface area contributed by atoms with Crippen LogP contribution in [0, 0.1) is 0 Å². The van der Waals surface area contributed by atoms with Gasteiger partial charge in [-0.1, -0.05) is 18.9 Å². The van der Waals surface area contributed by atoms with Crippen molar-refractivity contribution in [3.63, 3.8) is 0 Å². The predicted octanol–water partition coefficient (Wildman–Crippen LogP) is 2.86. The van der Waals surface area contributed by atoms with Gasteiger partial charge in [0.25, 0.3) is 5.91 Å². The van der Waals surface area contributed by atoms with Crippen LogP contribution in [0.2, 0.25) is 0 Å². The molecule has 168 valence electrons. The fourth-order valence-corrected chi connectivity index (χ4v) is 4.99. The van der Waals surface area contributed by atoms with Gasteiger partial charge in [0.05, 0.1) is 26.2 Å². The summed E-state index contributed by atoms with van der Waals surface area (Å²) < 4.78 is 44.0. The Kier molecular flexibility index (Phi) is 7.40. The second-order valence-electron chi connectivity index (χ2n) is 7.33. The molecule has 0 radical (unpaired) electrons. The van der Waals surface area contributed by atoms with E-state index < -0.39 is 15.9 Å². The number of ether oxygens (including phenoxy) is 3. The molecule has 0 bridgehead atoms. The Morgan fingerprint density at radius 3 is 2.26 bits per heavy atom. The third kappa shape index (κ3) is 5.48. The largest absolute Gasteiger partial charge is 0.496 e. The number of carbonyl (C=O) groups is 1. The Hall–Kier alpha value is -2.78. The molecule has 2 N–H and O–H groups in total. The van der Waals surface area contributed by atoms with Crippen LogP contribution in [0.3, 0.4) is 0 Å². The lowest BCUT2D eigenvalue weighted by atomic mass is 10.1. The average molecular weight is 449 g/mol. The van der Waals surface area contributed by atoms with Gasteiger partial charge >= 0.3 is 0 Å². The number of methoxy groups -OCH3 is 3. The monoisotopic (exact) mass is 448 g/mol. The lowest BCUT2D eigenvalue weighted by Gasteiger charge is -2.15. The van der Waals surface area contributed by atoms with Crippen LogP contribution in [0.1, 0.15) is 41.6 Å². The summed E-state index contributed by atoms with van der Waals surface area (Å²) in [6.45, 7) is 0.166. The maximum atomic E-state index is 12.7. The molecular formula is C22H28N2O6S. The zero-order valence-electron chi connectivity index (χ0n) is 17.9. The van der Waals surface area contributed by atoms with E-state index in [1.807, 2.05) is 0 Å². The summed E-state index contributed by atoms with van der Waals surface area (Å²) >= 11 is 0. The van der Waals surface area contributed by atoms with Gasteiger partial charge in [0.2, 0.25) is 10.0 Å². The van der Waals surface area contributed by atoms with E-state index in [-0.39, 0.29) is 23.0 Å². The summed E-state index contributed by atoms with van der Waals surface area (Å²) in [6, 6.07) is 9.39. The molecule has 2 aromatic rings. The van der Waals surface area contributed by atoms with Crippen LogP contribution in [0.4, 0.5) is 0 Å². The zero-order chi connectivity index (χ0) is 22.4. The highest BCUT2D eigenvalue weighted by Gasteiger charge is 2.23. The predicted molar refractivity (Wildman–Crippen MR) is 116 cm³/mol. The second kappa shape index (κ2) is 10.0. The molecule has 1 amide bonds. The van der Waals surface area contributed by atoms with E-state index in [0.29, 0.717) is 22.8 Å². The van der Waals surface area contributed by atoms with Crippen LogP contribution >= 0.6 is 0 Å². The van der Waals surface area contributed by atoms with Crippen molar-refractivity contribution in [2.75, 3.05) is 21.3 Å². The normalized spacial score (nSPS) is 14.3. The Morgan fingerprint density at radius 2 is 1.61 bits per heavy atom. The van der Waals surface area contributed by atoms with Crippen LogP contribution in [-0.4, -0.2) is 41.7 Å². The van der Waals surface area contributed by atoms with E-state index in [0.717, 1.165) is 25.7 Å². The van der Waals surface area contributed by atoms with Crippen molar-refractivity contribution in [2.24, 2.45) is 0 Å².